The highest BCUT2D eigenvalue weighted by Gasteiger charge is 2.23. The number of aryl methyl sites for hydroxylation is 3. The van der Waals surface area contributed by atoms with Crippen molar-refractivity contribution in [3.8, 4) is 6.07 Å². The van der Waals surface area contributed by atoms with Crippen molar-refractivity contribution in [2.24, 2.45) is 7.05 Å². The molecule has 31 heavy (non-hydrogen) atoms. The molecule has 1 aliphatic rings. The Labute approximate surface area is 187 Å². The van der Waals surface area contributed by atoms with Crippen LogP contribution in [-0.2, 0) is 26.4 Å². The summed E-state index contributed by atoms with van der Waals surface area (Å²) in [7, 11) is 1.73. The van der Waals surface area contributed by atoms with E-state index in [0.29, 0.717) is 23.7 Å². The third-order valence-corrected chi connectivity index (χ3v) is 8.01. The van der Waals surface area contributed by atoms with Crippen molar-refractivity contribution in [3.63, 3.8) is 0 Å². The van der Waals surface area contributed by atoms with Crippen LogP contribution in [-0.4, -0.2) is 25.7 Å². The summed E-state index contributed by atoms with van der Waals surface area (Å²) in [5.41, 5.74) is 2.74. The van der Waals surface area contributed by atoms with E-state index in [9.17, 15) is 9.59 Å². The minimum atomic E-state index is -0.0209. The number of carbonyl (C=O) groups excluding carboxylic acids is 1. The van der Waals surface area contributed by atoms with E-state index in [-0.39, 0.29) is 17.1 Å². The molecule has 0 aliphatic heterocycles. The predicted octanol–water partition coefficient (Wildman–Crippen LogP) is 4.33. The highest BCUT2D eigenvalue weighted by atomic mass is 32.2. The van der Waals surface area contributed by atoms with Gasteiger partial charge in [-0.1, -0.05) is 30.0 Å². The average Bonchev–Trinajstić information content (AvgIpc) is 3.46. The van der Waals surface area contributed by atoms with Crippen LogP contribution in [0.3, 0.4) is 0 Å². The number of ketones is 1. The summed E-state index contributed by atoms with van der Waals surface area (Å²) in [6.07, 6.45) is 5.30. The molecule has 1 aromatic carbocycles. The Hall–Kier alpha value is -2.89. The number of rotatable bonds is 6. The normalized spacial score (nSPS) is 13.0. The Bertz CT molecular complexity index is 1440. The van der Waals surface area contributed by atoms with E-state index in [1.54, 1.807) is 23.0 Å². The van der Waals surface area contributed by atoms with Crippen LogP contribution in [0.2, 0.25) is 0 Å². The number of para-hydroxylation sites is 1. The molecule has 0 atom stereocenters. The fourth-order valence-electron chi connectivity index (χ4n) is 4.27. The molecule has 0 bridgehead atoms. The fraction of sp³-hybridized carbons (Fsp3) is 0.304. The van der Waals surface area contributed by atoms with Gasteiger partial charge in [-0.3, -0.25) is 14.2 Å². The van der Waals surface area contributed by atoms with Gasteiger partial charge in [0.15, 0.2) is 10.9 Å². The number of hydrogen-bond acceptors (Lipinski definition) is 6. The van der Waals surface area contributed by atoms with Crippen molar-refractivity contribution in [2.45, 2.75) is 37.4 Å². The largest absolute Gasteiger partial charge is 0.346 e. The number of thiophene rings is 1. The maximum atomic E-state index is 13.1. The van der Waals surface area contributed by atoms with Crippen LogP contribution in [0.5, 0.6) is 0 Å². The molecule has 0 saturated heterocycles. The molecule has 0 fully saturated rings. The summed E-state index contributed by atoms with van der Waals surface area (Å²) in [5.74, 6) is 0.184. The first-order chi connectivity index (χ1) is 15.1. The molecule has 0 N–H and O–H groups in total. The molecule has 1 aliphatic carbocycles. The Balaban J connectivity index is 1.44. The van der Waals surface area contributed by atoms with Crippen molar-refractivity contribution >= 4 is 50.0 Å². The van der Waals surface area contributed by atoms with Gasteiger partial charge in [-0.05, 0) is 30.9 Å². The minimum absolute atomic E-state index is 0.0140. The third-order valence-electron chi connectivity index (χ3n) is 5.79. The van der Waals surface area contributed by atoms with Gasteiger partial charge in [0, 0.05) is 41.1 Å². The Morgan fingerprint density at radius 3 is 3.00 bits per heavy atom. The summed E-state index contributed by atoms with van der Waals surface area (Å²) < 4.78 is 3.53. The lowest BCUT2D eigenvalue weighted by molar-refractivity contribution is 0.102. The number of benzene rings is 1. The standard InChI is InChI=1S/C23H20N4O2S2/c1-26-22(29)20-15-7-4-9-19(15)31-21(20)25-23(26)30-13-18(28)16-12-27(11-5-10-24)17-8-3-2-6-14(16)17/h2-3,6,8,12H,4-5,7,9,11,13H2,1H3. The summed E-state index contributed by atoms with van der Waals surface area (Å²) in [6.45, 7) is 0.549. The zero-order valence-corrected chi connectivity index (χ0v) is 18.7. The zero-order valence-electron chi connectivity index (χ0n) is 17.1. The molecule has 3 heterocycles. The lowest BCUT2D eigenvalue weighted by Crippen LogP contribution is -2.20. The van der Waals surface area contributed by atoms with Crippen molar-refractivity contribution in [1.29, 1.82) is 5.26 Å². The molecule has 0 amide bonds. The molecule has 156 valence electrons. The molecule has 4 aromatic rings. The number of fused-ring (bicyclic) bond motifs is 4. The summed E-state index contributed by atoms with van der Waals surface area (Å²) in [6, 6.07) is 9.90. The minimum Gasteiger partial charge on any atom is -0.346 e. The van der Waals surface area contributed by atoms with E-state index in [4.69, 9.17) is 10.2 Å². The van der Waals surface area contributed by atoms with Crippen LogP contribution in [0.15, 0.2) is 40.4 Å². The topological polar surface area (TPSA) is 80.7 Å². The van der Waals surface area contributed by atoms with Gasteiger partial charge < -0.3 is 4.57 Å². The first-order valence-corrected chi connectivity index (χ1v) is 12.0. The predicted molar refractivity (Wildman–Crippen MR) is 124 cm³/mol. The highest BCUT2D eigenvalue weighted by molar-refractivity contribution is 7.99. The van der Waals surface area contributed by atoms with E-state index in [1.165, 1.54) is 22.2 Å². The van der Waals surface area contributed by atoms with Gasteiger partial charge in [0.1, 0.15) is 4.83 Å². The number of thioether (sulfide) groups is 1. The molecule has 5 rings (SSSR count). The van der Waals surface area contributed by atoms with Gasteiger partial charge in [-0.2, -0.15) is 5.26 Å². The summed E-state index contributed by atoms with van der Waals surface area (Å²) in [5, 5.41) is 11.1. The summed E-state index contributed by atoms with van der Waals surface area (Å²) >= 11 is 2.92. The monoisotopic (exact) mass is 448 g/mol. The van der Waals surface area contributed by atoms with E-state index in [0.717, 1.165) is 40.4 Å². The van der Waals surface area contributed by atoms with Gasteiger partial charge >= 0.3 is 0 Å². The quantitative estimate of drug-likeness (QED) is 0.249. The van der Waals surface area contributed by atoms with E-state index >= 15 is 0 Å². The number of carbonyl (C=O) groups is 1. The third kappa shape index (κ3) is 3.38. The molecule has 6 nitrogen and oxygen atoms in total. The molecule has 0 radical (unpaired) electrons. The first kappa shape index (κ1) is 20.0. The second-order valence-corrected chi connectivity index (χ2v) is 9.70. The fourth-order valence-corrected chi connectivity index (χ4v) is 6.42. The Morgan fingerprint density at radius 2 is 2.16 bits per heavy atom. The SMILES string of the molecule is Cn1c(SCC(=O)c2cn(CCC#N)c3ccccc23)nc2sc3c(c2c1=O)CCC3. The number of aromatic nitrogens is 3. The molecule has 0 unspecified atom stereocenters. The maximum absolute atomic E-state index is 13.1. The van der Waals surface area contributed by atoms with Crippen LogP contribution < -0.4 is 5.56 Å². The second kappa shape index (κ2) is 7.98. The molecule has 8 heteroatoms. The van der Waals surface area contributed by atoms with Gasteiger partial charge in [-0.15, -0.1) is 11.3 Å². The van der Waals surface area contributed by atoms with Crippen LogP contribution in [0.25, 0.3) is 21.1 Å². The molecular formula is C23H20N4O2S2. The highest BCUT2D eigenvalue weighted by Crippen LogP contribution is 2.35. The zero-order chi connectivity index (χ0) is 21.5. The average molecular weight is 449 g/mol. The van der Waals surface area contributed by atoms with Crippen LogP contribution in [0, 0.1) is 11.3 Å². The van der Waals surface area contributed by atoms with Gasteiger partial charge in [0.25, 0.3) is 5.56 Å². The summed E-state index contributed by atoms with van der Waals surface area (Å²) in [4.78, 5) is 32.8. The van der Waals surface area contributed by atoms with Crippen molar-refractivity contribution in [3.05, 3.63) is 56.8 Å². The number of Topliss-reactive ketones (excluding diaryl/α,β-unsaturated/α-hetero) is 1. The van der Waals surface area contributed by atoms with Crippen molar-refractivity contribution in [2.75, 3.05) is 5.75 Å². The van der Waals surface area contributed by atoms with E-state index < -0.39 is 0 Å². The first-order valence-electron chi connectivity index (χ1n) is 10.2. The van der Waals surface area contributed by atoms with E-state index in [2.05, 4.69) is 6.07 Å². The number of nitrogens with zero attached hydrogens (tertiary/aromatic N) is 4. The molecule has 0 saturated carbocycles. The maximum Gasteiger partial charge on any atom is 0.262 e. The number of nitriles is 1. The smallest absolute Gasteiger partial charge is 0.262 e. The lowest BCUT2D eigenvalue weighted by atomic mass is 10.1. The molecule has 0 spiro atoms. The van der Waals surface area contributed by atoms with Gasteiger partial charge in [0.05, 0.1) is 23.6 Å². The van der Waals surface area contributed by atoms with Crippen LogP contribution in [0.1, 0.15) is 33.6 Å². The lowest BCUT2D eigenvalue weighted by Gasteiger charge is -2.07. The van der Waals surface area contributed by atoms with Gasteiger partial charge in [0.2, 0.25) is 0 Å². The van der Waals surface area contributed by atoms with Crippen molar-refractivity contribution < 1.29 is 4.79 Å². The van der Waals surface area contributed by atoms with Crippen molar-refractivity contribution in [1.82, 2.24) is 14.1 Å². The van der Waals surface area contributed by atoms with Crippen LogP contribution in [0.4, 0.5) is 0 Å². The van der Waals surface area contributed by atoms with Gasteiger partial charge in [-0.25, -0.2) is 4.98 Å². The molecule has 3 aromatic heterocycles. The van der Waals surface area contributed by atoms with E-state index in [1.807, 2.05) is 35.0 Å². The Kier molecular flexibility index (Phi) is 5.16. The van der Waals surface area contributed by atoms with Crippen LogP contribution >= 0.6 is 23.1 Å². The Morgan fingerprint density at radius 1 is 1.32 bits per heavy atom. The molecular weight excluding hydrogens is 428 g/mol. The number of hydrogen-bond donors (Lipinski definition) is 0. The second-order valence-electron chi connectivity index (χ2n) is 7.67.